The van der Waals surface area contributed by atoms with Crippen LogP contribution in [0.5, 0.6) is 0 Å². The minimum atomic E-state index is -2.94. The summed E-state index contributed by atoms with van der Waals surface area (Å²) in [5.74, 6) is 0.454. The van der Waals surface area contributed by atoms with Crippen LogP contribution in [0.3, 0.4) is 0 Å². The van der Waals surface area contributed by atoms with Crippen LogP contribution in [0.1, 0.15) is 31.2 Å². The minimum Gasteiger partial charge on any atom is -0.335 e. The van der Waals surface area contributed by atoms with Crippen LogP contribution in [-0.2, 0) is 21.2 Å². The molecule has 1 amide bonds. The Bertz CT molecular complexity index is 685. The van der Waals surface area contributed by atoms with Crippen LogP contribution in [0.15, 0.2) is 24.5 Å². The quantitative estimate of drug-likeness (QED) is 0.787. The average molecular weight is 365 g/mol. The summed E-state index contributed by atoms with van der Waals surface area (Å²) in [4.78, 5) is 21.3. The smallest absolute Gasteiger partial charge is 0.223 e. The van der Waals surface area contributed by atoms with E-state index in [1.165, 1.54) is 0 Å². The number of nitrogens with zero attached hydrogens (tertiary/aromatic N) is 3. The second-order valence-electron chi connectivity index (χ2n) is 7.38. The van der Waals surface area contributed by atoms with Crippen LogP contribution in [0.4, 0.5) is 0 Å². The van der Waals surface area contributed by atoms with E-state index in [1.54, 1.807) is 12.4 Å². The molecule has 2 aliphatic rings. The number of hydrogen-bond donors (Lipinski definition) is 0. The predicted octanol–water partition coefficient (Wildman–Crippen LogP) is 1.33. The molecule has 0 bridgehead atoms. The summed E-state index contributed by atoms with van der Waals surface area (Å²) in [5, 5.41) is 0. The lowest BCUT2D eigenvalue weighted by atomic mass is 9.99. The summed E-state index contributed by atoms with van der Waals surface area (Å²) >= 11 is 0. The van der Waals surface area contributed by atoms with E-state index in [0.29, 0.717) is 19.4 Å². The van der Waals surface area contributed by atoms with Crippen molar-refractivity contribution < 1.29 is 13.2 Å². The number of aromatic nitrogens is 1. The first-order valence-electron chi connectivity index (χ1n) is 9.00. The van der Waals surface area contributed by atoms with Crippen molar-refractivity contribution in [2.75, 3.05) is 31.6 Å². The molecule has 3 rings (SSSR count). The molecule has 0 aliphatic carbocycles. The van der Waals surface area contributed by atoms with E-state index in [-0.39, 0.29) is 29.4 Å². The third-order valence-corrected chi connectivity index (χ3v) is 7.18. The Morgan fingerprint density at radius 3 is 2.52 bits per heavy atom. The van der Waals surface area contributed by atoms with Crippen LogP contribution in [0.2, 0.25) is 0 Å². The molecule has 3 heterocycles. The Morgan fingerprint density at radius 2 is 1.92 bits per heavy atom. The number of carbonyl (C=O) groups is 1. The Kier molecular flexibility index (Phi) is 5.74. The van der Waals surface area contributed by atoms with Crippen molar-refractivity contribution in [3.05, 3.63) is 30.1 Å². The largest absolute Gasteiger partial charge is 0.335 e. The zero-order valence-corrected chi connectivity index (χ0v) is 15.6. The van der Waals surface area contributed by atoms with Gasteiger partial charge in [-0.15, -0.1) is 0 Å². The topological polar surface area (TPSA) is 70.6 Å². The summed E-state index contributed by atoms with van der Waals surface area (Å²) in [6.45, 7) is 2.56. The molecule has 6 nitrogen and oxygen atoms in total. The standard InChI is InChI=1S/C18H27N3O3S/c1-20-9-4-17(5-10-20)21(13-15-2-7-19-8-3-15)18(22)12-16-6-11-25(23,24)14-16/h2-3,7-8,16-17H,4-6,9-14H2,1H3/t16-/m0/s1. The highest BCUT2D eigenvalue weighted by atomic mass is 32.2. The molecular formula is C18H27N3O3S. The number of amides is 1. The first kappa shape index (κ1) is 18.3. The van der Waals surface area contributed by atoms with E-state index in [2.05, 4.69) is 16.9 Å². The maximum Gasteiger partial charge on any atom is 0.223 e. The van der Waals surface area contributed by atoms with Crippen molar-refractivity contribution in [1.82, 2.24) is 14.8 Å². The summed E-state index contributed by atoms with van der Waals surface area (Å²) in [7, 11) is -0.838. The van der Waals surface area contributed by atoms with Crippen LogP contribution in [0, 0.1) is 5.92 Å². The van der Waals surface area contributed by atoms with E-state index in [4.69, 9.17) is 0 Å². The maximum atomic E-state index is 13.0. The van der Waals surface area contributed by atoms with Gasteiger partial charge < -0.3 is 9.80 Å². The molecule has 0 unspecified atom stereocenters. The molecule has 0 N–H and O–H groups in total. The predicted molar refractivity (Wildman–Crippen MR) is 96.7 cm³/mol. The molecule has 25 heavy (non-hydrogen) atoms. The monoisotopic (exact) mass is 365 g/mol. The van der Waals surface area contributed by atoms with Crippen molar-refractivity contribution in [3.63, 3.8) is 0 Å². The third kappa shape index (κ3) is 5.01. The molecule has 2 saturated heterocycles. The van der Waals surface area contributed by atoms with Gasteiger partial charge in [0.05, 0.1) is 11.5 Å². The average Bonchev–Trinajstić information content (AvgIpc) is 2.93. The molecule has 0 aromatic carbocycles. The van der Waals surface area contributed by atoms with Crippen LogP contribution < -0.4 is 0 Å². The number of sulfone groups is 1. The van der Waals surface area contributed by atoms with Crippen molar-refractivity contribution in [2.45, 2.75) is 38.3 Å². The normalized spacial score (nSPS) is 24.3. The molecular weight excluding hydrogens is 338 g/mol. The molecule has 2 aliphatic heterocycles. The summed E-state index contributed by atoms with van der Waals surface area (Å²) < 4.78 is 23.4. The zero-order chi connectivity index (χ0) is 17.9. The second-order valence-corrected chi connectivity index (χ2v) is 9.61. The number of hydrogen-bond acceptors (Lipinski definition) is 5. The van der Waals surface area contributed by atoms with E-state index >= 15 is 0 Å². The fourth-order valence-electron chi connectivity index (χ4n) is 3.81. The fraction of sp³-hybridized carbons (Fsp3) is 0.667. The fourth-order valence-corrected chi connectivity index (χ4v) is 5.67. The van der Waals surface area contributed by atoms with Gasteiger partial charge in [-0.25, -0.2) is 8.42 Å². The van der Waals surface area contributed by atoms with Gasteiger partial charge in [0.25, 0.3) is 0 Å². The maximum absolute atomic E-state index is 13.0. The first-order chi connectivity index (χ1) is 11.9. The highest BCUT2D eigenvalue weighted by Crippen LogP contribution is 2.25. The number of rotatable bonds is 5. The highest BCUT2D eigenvalue weighted by molar-refractivity contribution is 7.91. The van der Waals surface area contributed by atoms with E-state index in [0.717, 1.165) is 31.5 Å². The third-order valence-electron chi connectivity index (χ3n) is 5.34. The molecule has 1 aromatic heterocycles. The van der Waals surface area contributed by atoms with E-state index < -0.39 is 9.84 Å². The molecule has 2 fully saturated rings. The van der Waals surface area contributed by atoms with Crippen LogP contribution in [0.25, 0.3) is 0 Å². The number of carbonyl (C=O) groups excluding carboxylic acids is 1. The molecule has 1 atom stereocenters. The van der Waals surface area contributed by atoms with Crippen molar-refractivity contribution >= 4 is 15.7 Å². The van der Waals surface area contributed by atoms with Gasteiger partial charge in [0, 0.05) is 31.4 Å². The van der Waals surface area contributed by atoms with Gasteiger partial charge in [0.1, 0.15) is 0 Å². The Labute approximate surface area is 150 Å². The van der Waals surface area contributed by atoms with Crippen molar-refractivity contribution in [3.8, 4) is 0 Å². The van der Waals surface area contributed by atoms with Gasteiger partial charge in [-0.2, -0.15) is 0 Å². The lowest BCUT2D eigenvalue weighted by Crippen LogP contribution is -2.46. The van der Waals surface area contributed by atoms with Gasteiger partial charge in [-0.3, -0.25) is 9.78 Å². The summed E-state index contributed by atoms with van der Waals surface area (Å²) in [6, 6.07) is 4.11. The summed E-state index contributed by atoms with van der Waals surface area (Å²) in [6.07, 6.45) is 6.39. The van der Waals surface area contributed by atoms with Crippen LogP contribution in [-0.4, -0.2) is 66.8 Å². The molecule has 0 saturated carbocycles. The van der Waals surface area contributed by atoms with Gasteiger partial charge in [0.2, 0.25) is 5.91 Å². The second kappa shape index (κ2) is 7.83. The molecule has 138 valence electrons. The number of likely N-dealkylation sites (tertiary alicyclic amines) is 1. The van der Waals surface area contributed by atoms with Gasteiger partial charge in [-0.1, -0.05) is 0 Å². The Morgan fingerprint density at radius 1 is 1.24 bits per heavy atom. The lowest BCUT2D eigenvalue weighted by Gasteiger charge is -2.38. The highest BCUT2D eigenvalue weighted by Gasteiger charge is 2.33. The lowest BCUT2D eigenvalue weighted by molar-refractivity contribution is -0.136. The molecule has 0 radical (unpaired) electrons. The van der Waals surface area contributed by atoms with Gasteiger partial charge in [0.15, 0.2) is 9.84 Å². The molecule has 0 spiro atoms. The summed E-state index contributed by atoms with van der Waals surface area (Å²) in [5.41, 5.74) is 1.07. The minimum absolute atomic E-state index is 0.0243. The zero-order valence-electron chi connectivity index (χ0n) is 14.8. The Hall–Kier alpha value is -1.47. The Balaban J connectivity index is 1.69. The number of piperidine rings is 1. The first-order valence-corrected chi connectivity index (χ1v) is 10.8. The van der Waals surface area contributed by atoms with Crippen molar-refractivity contribution in [2.24, 2.45) is 5.92 Å². The van der Waals surface area contributed by atoms with E-state index in [9.17, 15) is 13.2 Å². The van der Waals surface area contributed by atoms with Crippen LogP contribution >= 0.6 is 0 Å². The number of pyridine rings is 1. The van der Waals surface area contributed by atoms with Gasteiger partial charge in [-0.05, 0) is 63.0 Å². The SMILES string of the molecule is CN1CCC(N(Cc2ccncc2)C(=O)C[C@@H]2CCS(=O)(=O)C2)CC1. The van der Waals surface area contributed by atoms with Crippen molar-refractivity contribution in [1.29, 1.82) is 0 Å². The van der Waals surface area contributed by atoms with E-state index in [1.807, 2.05) is 17.0 Å². The molecule has 1 aromatic rings. The van der Waals surface area contributed by atoms with Gasteiger partial charge >= 0.3 is 0 Å². The molecule has 7 heteroatoms.